The second-order valence-corrected chi connectivity index (χ2v) is 4.92. The molecule has 5 heteroatoms. The van der Waals surface area contributed by atoms with Crippen molar-refractivity contribution in [2.75, 3.05) is 0 Å². The summed E-state index contributed by atoms with van der Waals surface area (Å²) in [6.45, 7) is 4.70. The van der Waals surface area contributed by atoms with Gasteiger partial charge >= 0.3 is 6.18 Å². The van der Waals surface area contributed by atoms with Gasteiger partial charge in [-0.25, -0.2) is 0 Å². The molecule has 0 amide bonds. The highest BCUT2D eigenvalue weighted by molar-refractivity contribution is 5.36. The van der Waals surface area contributed by atoms with E-state index in [1.54, 1.807) is 6.92 Å². The van der Waals surface area contributed by atoms with E-state index in [0.717, 1.165) is 12.1 Å². The highest BCUT2D eigenvalue weighted by Gasteiger charge is 2.33. The van der Waals surface area contributed by atoms with Crippen LogP contribution in [0.3, 0.4) is 0 Å². The average molecular weight is 261 g/mol. The standard InChI is InChI=1S/C13H18F3NO/c1-4-11(17)8-5-9(12(2,3)18)7-10(6-8)13(14,15)16/h5-7,11,18H,4,17H2,1-3H3/t11-/m0/s1. The van der Waals surface area contributed by atoms with Crippen LogP contribution in [0.1, 0.15) is 49.9 Å². The number of hydrogen-bond acceptors (Lipinski definition) is 2. The van der Waals surface area contributed by atoms with Crippen molar-refractivity contribution in [3.63, 3.8) is 0 Å². The highest BCUT2D eigenvalue weighted by atomic mass is 19.4. The minimum Gasteiger partial charge on any atom is -0.386 e. The van der Waals surface area contributed by atoms with Crippen LogP contribution in [0.25, 0.3) is 0 Å². The van der Waals surface area contributed by atoms with Gasteiger partial charge in [0.25, 0.3) is 0 Å². The molecule has 0 radical (unpaired) electrons. The van der Waals surface area contributed by atoms with Gasteiger partial charge in [0.2, 0.25) is 0 Å². The summed E-state index contributed by atoms with van der Waals surface area (Å²) in [5, 5.41) is 9.85. The van der Waals surface area contributed by atoms with Crippen molar-refractivity contribution in [2.24, 2.45) is 5.73 Å². The number of rotatable bonds is 3. The normalized spacial score (nSPS) is 14.7. The smallest absolute Gasteiger partial charge is 0.386 e. The van der Waals surface area contributed by atoms with Crippen molar-refractivity contribution in [3.05, 3.63) is 34.9 Å². The molecule has 0 saturated heterocycles. The Kier molecular flexibility index (Phi) is 4.08. The minimum absolute atomic E-state index is 0.219. The fraction of sp³-hybridized carbons (Fsp3) is 0.538. The van der Waals surface area contributed by atoms with Gasteiger partial charge in [0.15, 0.2) is 0 Å². The summed E-state index contributed by atoms with van der Waals surface area (Å²) in [5.74, 6) is 0. The van der Waals surface area contributed by atoms with Gasteiger partial charge in [-0.1, -0.05) is 13.0 Å². The molecule has 1 aromatic carbocycles. The fourth-order valence-electron chi connectivity index (χ4n) is 1.62. The zero-order valence-corrected chi connectivity index (χ0v) is 10.7. The van der Waals surface area contributed by atoms with E-state index in [2.05, 4.69) is 0 Å². The molecule has 0 aromatic heterocycles. The topological polar surface area (TPSA) is 46.2 Å². The maximum Gasteiger partial charge on any atom is 0.416 e. The summed E-state index contributed by atoms with van der Waals surface area (Å²) in [5.41, 5.74) is 4.27. The van der Waals surface area contributed by atoms with Crippen molar-refractivity contribution >= 4 is 0 Å². The van der Waals surface area contributed by atoms with Crippen LogP contribution >= 0.6 is 0 Å². The monoisotopic (exact) mass is 261 g/mol. The zero-order valence-electron chi connectivity index (χ0n) is 10.7. The lowest BCUT2D eigenvalue weighted by Gasteiger charge is -2.22. The molecule has 102 valence electrons. The molecule has 0 aliphatic heterocycles. The van der Waals surface area contributed by atoms with Crippen molar-refractivity contribution < 1.29 is 18.3 Å². The first-order valence-electron chi connectivity index (χ1n) is 5.76. The number of halogens is 3. The number of benzene rings is 1. The lowest BCUT2D eigenvalue weighted by Crippen LogP contribution is -2.19. The van der Waals surface area contributed by atoms with Gasteiger partial charge in [0, 0.05) is 6.04 Å². The lowest BCUT2D eigenvalue weighted by molar-refractivity contribution is -0.137. The third kappa shape index (κ3) is 3.46. The SMILES string of the molecule is CC[C@H](N)c1cc(C(C)(C)O)cc(C(F)(F)F)c1. The first-order valence-corrected chi connectivity index (χ1v) is 5.76. The third-order valence-corrected chi connectivity index (χ3v) is 2.86. The largest absolute Gasteiger partial charge is 0.416 e. The van der Waals surface area contributed by atoms with E-state index in [9.17, 15) is 18.3 Å². The van der Waals surface area contributed by atoms with Crippen LogP contribution in [0.2, 0.25) is 0 Å². The summed E-state index contributed by atoms with van der Waals surface area (Å²) < 4.78 is 38.3. The maximum absolute atomic E-state index is 12.8. The van der Waals surface area contributed by atoms with Gasteiger partial charge in [-0.2, -0.15) is 13.2 Å². The number of aliphatic hydroxyl groups is 1. The first kappa shape index (κ1) is 15.0. The summed E-state index contributed by atoms with van der Waals surface area (Å²) in [4.78, 5) is 0. The molecule has 0 aliphatic rings. The van der Waals surface area contributed by atoms with E-state index >= 15 is 0 Å². The molecule has 0 saturated carbocycles. The van der Waals surface area contributed by atoms with E-state index in [4.69, 9.17) is 5.73 Å². The van der Waals surface area contributed by atoms with Gasteiger partial charge in [-0.15, -0.1) is 0 Å². The van der Waals surface area contributed by atoms with Crippen molar-refractivity contribution in [1.82, 2.24) is 0 Å². The summed E-state index contributed by atoms with van der Waals surface area (Å²) in [6.07, 6.45) is -3.91. The molecule has 0 spiro atoms. The summed E-state index contributed by atoms with van der Waals surface area (Å²) >= 11 is 0. The van der Waals surface area contributed by atoms with Gasteiger partial charge in [0.05, 0.1) is 11.2 Å². The van der Waals surface area contributed by atoms with Crippen molar-refractivity contribution in [3.8, 4) is 0 Å². The second kappa shape index (κ2) is 4.90. The molecule has 1 rings (SSSR count). The van der Waals surface area contributed by atoms with Crippen molar-refractivity contribution in [2.45, 2.75) is 45.0 Å². The fourth-order valence-corrected chi connectivity index (χ4v) is 1.62. The molecular formula is C13H18F3NO. The van der Waals surface area contributed by atoms with Crippen LogP contribution < -0.4 is 5.73 Å². The predicted molar refractivity (Wildman–Crippen MR) is 63.9 cm³/mol. The molecule has 0 bridgehead atoms. The Balaban J connectivity index is 3.39. The highest BCUT2D eigenvalue weighted by Crippen LogP contribution is 2.34. The molecule has 2 nitrogen and oxygen atoms in total. The van der Waals surface area contributed by atoms with Gasteiger partial charge in [-0.3, -0.25) is 0 Å². The summed E-state index contributed by atoms with van der Waals surface area (Å²) in [7, 11) is 0. The van der Waals surface area contributed by atoms with Crippen LogP contribution in [0.15, 0.2) is 18.2 Å². The predicted octanol–water partition coefficient (Wildman–Crippen LogP) is 3.34. The number of hydrogen-bond donors (Lipinski definition) is 2. The van der Waals surface area contributed by atoms with E-state index in [1.807, 2.05) is 0 Å². The molecule has 0 unspecified atom stereocenters. The molecule has 1 aromatic rings. The Hall–Kier alpha value is -1.07. The Bertz CT molecular complexity index is 389. The number of alkyl halides is 3. The first-order chi connectivity index (χ1) is 8.05. The zero-order chi connectivity index (χ0) is 14.1. The van der Waals surface area contributed by atoms with E-state index in [-0.39, 0.29) is 5.56 Å². The van der Waals surface area contributed by atoms with Crippen LogP contribution in [-0.4, -0.2) is 5.11 Å². The van der Waals surface area contributed by atoms with Crippen LogP contribution in [0.5, 0.6) is 0 Å². The van der Waals surface area contributed by atoms with Crippen LogP contribution in [-0.2, 0) is 11.8 Å². The molecule has 18 heavy (non-hydrogen) atoms. The van der Waals surface area contributed by atoms with E-state index in [0.29, 0.717) is 12.0 Å². The van der Waals surface area contributed by atoms with E-state index in [1.165, 1.54) is 19.9 Å². The molecular weight excluding hydrogens is 243 g/mol. The molecule has 0 aliphatic carbocycles. The van der Waals surface area contributed by atoms with Gasteiger partial charge in [0.1, 0.15) is 0 Å². The Labute approximate surface area is 105 Å². The van der Waals surface area contributed by atoms with Gasteiger partial charge in [-0.05, 0) is 43.5 Å². The van der Waals surface area contributed by atoms with Crippen LogP contribution in [0, 0.1) is 0 Å². The minimum atomic E-state index is -4.44. The average Bonchev–Trinajstić information content (AvgIpc) is 2.25. The maximum atomic E-state index is 12.8. The summed E-state index contributed by atoms with van der Waals surface area (Å²) in [6, 6.07) is 3.08. The number of nitrogens with two attached hydrogens (primary N) is 1. The quantitative estimate of drug-likeness (QED) is 0.876. The second-order valence-electron chi connectivity index (χ2n) is 4.92. The van der Waals surface area contributed by atoms with E-state index < -0.39 is 23.4 Å². The Morgan fingerprint density at radius 2 is 1.67 bits per heavy atom. The lowest BCUT2D eigenvalue weighted by atomic mass is 9.91. The Morgan fingerprint density at radius 3 is 2.06 bits per heavy atom. The van der Waals surface area contributed by atoms with Crippen LogP contribution in [0.4, 0.5) is 13.2 Å². The third-order valence-electron chi connectivity index (χ3n) is 2.86. The molecule has 1 atom stereocenters. The molecule has 0 heterocycles. The molecule has 0 fully saturated rings. The molecule has 3 N–H and O–H groups in total. The van der Waals surface area contributed by atoms with Crippen molar-refractivity contribution in [1.29, 1.82) is 0 Å². The van der Waals surface area contributed by atoms with Gasteiger partial charge < -0.3 is 10.8 Å². The Morgan fingerprint density at radius 1 is 1.17 bits per heavy atom.